The maximum Gasteiger partial charge on any atom is 0.270 e. The number of halogens is 1. The van der Waals surface area contributed by atoms with Crippen molar-refractivity contribution in [3.63, 3.8) is 0 Å². The number of rotatable bonds is 7. The number of nitrogens with one attached hydrogen (secondary N) is 1. The number of nitrogens with zero attached hydrogens (tertiary/aromatic N) is 1. The molecule has 1 unspecified atom stereocenters. The summed E-state index contributed by atoms with van der Waals surface area (Å²) in [5.41, 5.74) is 0.174. The molecule has 0 aliphatic heterocycles. The zero-order chi connectivity index (χ0) is 15.1. The molecular weight excluding hydrogens is 280 g/mol. The maximum absolute atomic E-state index is 11.9. The minimum Gasteiger partial charge on any atom is -0.351 e. The van der Waals surface area contributed by atoms with Gasteiger partial charge in [-0.05, 0) is 12.0 Å². The Labute approximate surface area is 123 Å². The number of hydrogen-bond acceptors (Lipinski definition) is 3. The van der Waals surface area contributed by atoms with Crippen molar-refractivity contribution < 1.29 is 9.72 Å². The summed E-state index contributed by atoms with van der Waals surface area (Å²) in [6.45, 7) is 4.48. The van der Waals surface area contributed by atoms with Crippen LogP contribution in [0.15, 0.2) is 24.3 Å². The van der Waals surface area contributed by atoms with Crippen molar-refractivity contribution in [2.75, 3.05) is 6.54 Å². The van der Waals surface area contributed by atoms with E-state index < -0.39 is 4.92 Å². The highest BCUT2D eigenvalue weighted by Crippen LogP contribution is 2.18. The van der Waals surface area contributed by atoms with E-state index >= 15 is 0 Å². The number of hydrogen-bond donors (Lipinski definition) is 1. The van der Waals surface area contributed by atoms with E-state index in [4.69, 9.17) is 11.6 Å². The Morgan fingerprint density at radius 3 is 2.60 bits per heavy atom. The lowest BCUT2D eigenvalue weighted by molar-refractivity contribution is -0.384. The van der Waals surface area contributed by atoms with Crippen LogP contribution in [0.3, 0.4) is 0 Å². The molecule has 0 aliphatic rings. The first-order valence-electron chi connectivity index (χ1n) is 6.66. The molecule has 0 aromatic heterocycles. The Morgan fingerprint density at radius 1 is 1.40 bits per heavy atom. The molecule has 0 saturated heterocycles. The molecule has 0 spiro atoms. The van der Waals surface area contributed by atoms with Gasteiger partial charge in [-0.2, -0.15) is 0 Å². The fourth-order valence-corrected chi connectivity index (χ4v) is 2.45. The summed E-state index contributed by atoms with van der Waals surface area (Å²) in [6.07, 6.45) is 1.91. The highest BCUT2D eigenvalue weighted by molar-refractivity contribution is 6.21. The molecule has 0 fully saturated rings. The molecule has 1 aromatic rings. The molecule has 110 valence electrons. The van der Waals surface area contributed by atoms with Gasteiger partial charge in [-0.15, -0.1) is 11.6 Å². The third kappa shape index (κ3) is 4.49. The Kier molecular flexibility index (Phi) is 6.45. The Balaban J connectivity index is 2.63. The minimum atomic E-state index is -0.522. The molecule has 0 saturated carbocycles. The highest BCUT2D eigenvalue weighted by Gasteiger charge is 2.17. The second-order valence-electron chi connectivity index (χ2n) is 4.61. The van der Waals surface area contributed by atoms with Crippen molar-refractivity contribution in [1.82, 2.24) is 5.32 Å². The topological polar surface area (TPSA) is 72.2 Å². The summed E-state index contributed by atoms with van der Waals surface area (Å²) in [5, 5.41) is 13.3. The molecule has 20 heavy (non-hydrogen) atoms. The smallest absolute Gasteiger partial charge is 0.270 e. The van der Waals surface area contributed by atoms with E-state index in [-0.39, 0.29) is 22.5 Å². The minimum absolute atomic E-state index is 0.0972. The van der Waals surface area contributed by atoms with Crippen LogP contribution in [0.5, 0.6) is 0 Å². The molecule has 1 rings (SSSR count). The molecule has 1 N–H and O–H groups in total. The van der Waals surface area contributed by atoms with Crippen LogP contribution in [-0.4, -0.2) is 22.8 Å². The lowest BCUT2D eigenvalue weighted by atomic mass is 9.99. The van der Waals surface area contributed by atoms with Crippen molar-refractivity contribution >= 4 is 23.2 Å². The second-order valence-corrected chi connectivity index (χ2v) is 5.17. The van der Waals surface area contributed by atoms with Gasteiger partial charge in [0.15, 0.2) is 0 Å². The first-order valence-corrected chi connectivity index (χ1v) is 7.09. The van der Waals surface area contributed by atoms with Crippen LogP contribution in [0.25, 0.3) is 0 Å². The SMILES string of the molecule is CCC(CC)C(Cl)CNC(=O)c1cccc([N+](=O)[O-])c1. The van der Waals surface area contributed by atoms with Gasteiger partial charge in [-0.25, -0.2) is 0 Å². The molecule has 0 radical (unpaired) electrons. The number of alkyl halides is 1. The number of amides is 1. The summed E-state index contributed by atoms with van der Waals surface area (Å²) in [5.74, 6) is 0.00684. The standard InChI is InChI=1S/C14H19ClN2O3/c1-3-10(4-2)13(15)9-16-14(18)11-6-5-7-12(8-11)17(19)20/h5-8,10,13H,3-4,9H2,1-2H3,(H,16,18). The number of nitro groups is 1. The van der Waals surface area contributed by atoms with E-state index in [2.05, 4.69) is 19.2 Å². The molecule has 1 aromatic carbocycles. The summed E-state index contributed by atoms with van der Waals surface area (Å²) in [6, 6.07) is 5.65. The van der Waals surface area contributed by atoms with Crippen molar-refractivity contribution in [2.45, 2.75) is 32.1 Å². The fourth-order valence-electron chi connectivity index (χ4n) is 2.02. The summed E-state index contributed by atoms with van der Waals surface area (Å²) in [7, 11) is 0. The summed E-state index contributed by atoms with van der Waals surface area (Å²) >= 11 is 6.24. The van der Waals surface area contributed by atoms with Gasteiger partial charge in [-0.1, -0.05) is 32.8 Å². The third-order valence-corrected chi connectivity index (χ3v) is 3.85. The quantitative estimate of drug-likeness (QED) is 0.476. The average molecular weight is 299 g/mol. The van der Waals surface area contributed by atoms with Gasteiger partial charge >= 0.3 is 0 Å². The van der Waals surface area contributed by atoms with Gasteiger partial charge in [0.2, 0.25) is 0 Å². The van der Waals surface area contributed by atoms with Crippen LogP contribution in [0.1, 0.15) is 37.0 Å². The Morgan fingerprint density at radius 2 is 2.05 bits per heavy atom. The van der Waals surface area contributed by atoms with E-state index in [9.17, 15) is 14.9 Å². The molecule has 0 aliphatic carbocycles. The monoisotopic (exact) mass is 298 g/mol. The number of benzene rings is 1. The molecule has 1 amide bonds. The largest absolute Gasteiger partial charge is 0.351 e. The number of carbonyl (C=O) groups is 1. The van der Waals surface area contributed by atoms with Gasteiger partial charge in [0, 0.05) is 24.2 Å². The lowest BCUT2D eigenvalue weighted by Crippen LogP contribution is -2.33. The van der Waals surface area contributed by atoms with Crippen LogP contribution in [0.2, 0.25) is 0 Å². The Hall–Kier alpha value is -1.62. The maximum atomic E-state index is 11.9. The van der Waals surface area contributed by atoms with Crippen molar-refractivity contribution in [3.05, 3.63) is 39.9 Å². The van der Waals surface area contributed by atoms with Crippen LogP contribution in [0.4, 0.5) is 5.69 Å². The first kappa shape index (κ1) is 16.4. The van der Waals surface area contributed by atoms with Crippen LogP contribution in [-0.2, 0) is 0 Å². The van der Waals surface area contributed by atoms with Gasteiger partial charge in [-0.3, -0.25) is 14.9 Å². The predicted octanol–water partition coefficient (Wildman–Crippen LogP) is 3.37. The van der Waals surface area contributed by atoms with E-state index in [0.29, 0.717) is 12.5 Å². The van der Waals surface area contributed by atoms with Crippen LogP contribution >= 0.6 is 11.6 Å². The number of nitro benzene ring substituents is 1. The number of carbonyl (C=O) groups excluding carboxylic acids is 1. The first-order chi connectivity index (χ1) is 9.49. The zero-order valence-electron chi connectivity index (χ0n) is 11.6. The fraction of sp³-hybridized carbons (Fsp3) is 0.500. The summed E-state index contributed by atoms with van der Waals surface area (Å²) < 4.78 is 0. The van der Waals surface area contributed by atoms with E-state index in [0.717, 1.165) is 12.8 Å². The molecule has 5 nitrogen and oxygen atoms in total. The van der Waals surface area contributed by atoms with Crippen molar-refractivity contribution in [1.29, 1.82) is 0 Å². The van der Waals surface area contributed by atoms with E-state index in [1.807, 2.05) is 0 Å². The van der Waals surface area contributed by atoms with Crippen LogP contribution in [0, 0.1) is 16.0 Å². The molecule has 0 bridgehead atoms. The van der Waals surface area contributed by atoms with Gasteiger partial charge < -0.3 is 5.32 Å². The van der Waals surface area contributed by atoms with Gasteiger partial charge in [0.1, 0.15) is 0 Å². The molecule has 6 heteroatoms. The second kappa shape index (κ2) is 7.85. The summed E-state index contributed by atoms with van der Waals surface area (Å²) in [4.78, 5) is 22.1. The molecule has 0 heterocycles. The van der Waals surface area contributed by atoms with Crippen molar-refractivity contribution in [2.24, 2.45) is 5.92 Å². The van der Waals surface area contributed by atoms with Crippen LogP contribution < -0.4 is 5.32 Å². The van der Waals surface area contributed by atoms with Gasteiger partial charge in [0.05, 0.1) is 10.3 Å². The van der Waals surface area contributed by atoms with Crippen molar-refractivity contribution in [3.8, 4) is 0 Å². The Bertz CT molecular complexity index is 475. The number of non-ortho nitro benzene ring substituents is 1. The van der Waals surface area contributed by atoms with Gasteiger partial charge in [0.25, 0.3) is 11.6 Å². The normalized spacial score (nSPS) is 12.2. The van der Waals surface area contributed by atoms with E-state index in [1.54, 1.807) is 6.07 Å². The lowest BCUT2D eigenvalue weighted by Gasteiger charge is -2.19. The predicted molar refractivity (Wildman–Crippen MR) is 79.1 cm³/mol. The highest BCUT2D eigenvalue weighted by atomic mass is 35.5. The average Bonchev–Trinajstić information content (AvgIpc) is 2.46. The van der Waals surface area contributed by atoms with E-state index in [1.165, 1.54) is 18.2 Å². The molecule has 1 atom stereocenters. The third-order valence-electron chi connectivity index (χ3n) is 3.34. The molecular formula is C14H19ClN2O3. The zero-order valence-corrected chi connectivity index (χ0v) is 12.4.